The average molecular weight is 528 g/mol. The molecule has 0 radical (unpaired) electrons. The van der Waals surface area contributed by atoms with Gasteiger partial charge in [0.25, 0.3) is 5.91 Å². The van der Waals surface area contributed by atoms with Crippen LogP contribution in [0.3, 0.4) is 0 Å². The van der Waals surface area contributed by atoms with Crippen LogP contribution in [0, 0.1) is 0 Å². The highest BCUT2D eigenvalue weighted by molar-refractivity contribution is 7.91. The molecular formula is C23H27Cl2N3O5S. The molecule has 1 amide bonds. The molecule has 4 N–H and O–H groups in total. The Hall–Kier alpha value is -2.69. The largest absolute Gasteiger partial charge is 0.507 e. The predicted octanol–water partition coefficient (Wildman–Crippen LogP) is 2.69. The van der Waals surface area contributed by atoms with Crippen molar-refractivity contribution in [2.75, 3.05) is 20.1 Å². The second kappa shape index (κ2) is 13.3. The minimum Gasteiger partial charge on any atom is -0.507 e. The number of phenols is 1. The van der Waals surface area contributed by atoms with E-state index in [1.807, 2.05) is 6.07 Å². The van der Waals surface area contributed by atoms with E-state index in [-0.39, 0.29) is 45.9 Å². The Morgan fingerprint density at radius 1 is 1.06 bits per heavy atom. The number of carbonyl (C=O) groups is 1. The zero-order chi connectivity index (χ0) is 23.1. The first-order valence-corrected chi connectivity index (χ1v) is 11.5. The number of aromatic nitrogens is 1. The second-order valence-electron chi connectivity index (χ2n) is 7.16. The van der Waals surface area contributed by atoms with Crippen LogP contribution in [0.15, 0.2) is 76.8 Å². The molecule has 1 atom stereocenters. The van der Waals surface area contributed by atoms with Crippen molar-refractivity contribution in [1.82, 2.24) is 15.6 Å². The van der Waals surface area contributed by atoms with E-state index in [9.17, 15) is 23.4 Å². The van der Waals surface area contributed by atoms with Crippen molar-refractivity contribution >= 4 is 40.6 Å². The molecule has 0 aliphatic heterocycles. The number of pyridine rings is 1. The zero-order valence-electron chi connectivity index (χ0n) is 18.3. The van der Waals surface area contributed by atoms with Gasteiger partial charge in [-0.25, -0.2) is 8.42 Å². The van der Waals surface area contributed by atoms with Gasteiger partial charge in [0.2, 0.25) is 9.84 Å². The molecule has 2 aromatic carbocycles. The Morgan fingerprint density at radius 2 is 1.74 bits per heavy atom. The van der Waals surface area contributed by atoms with E-state index in [1.165, 1.54) is 31.3 Å². The number of carbonyl (C=O) groups excluding carboxylic acids is 1. The molecular weight excluding hydrogens is 501 g/mol. The van der Waals surface area contributed by atoms with E-state index >= 15 is 0 Å². The number of hydrogen-bond acceptors (Lipinski definition) is 7. The van der Waals surface area contributed by atoms with Gasteiger partial charge in [0.05, 0.1) is 21.5 Å². The summed E-state index contributed by atoms with van der Waals surface area (Å²) in [5.74, 6) is -0.865. The molecule has 34 heavy (non-hydrogen) atoms. The second-order valence-corrected chi connectivity index (χ2v) is 9.11. The monoisotopic (exact) mass is 527 g/mol. The Bertz CT molecular complexity index is 1180. The maximum absolute atomic E-state index is 12.9. The third kappa shape index (κ3) is 7.15. The van der Waals surface area contributed by atoms with Gasteiger partial charge in [-0.2, -0.15) is 0 Å². The van der Waals surface area contributed by atoms with E-state index < -0.39 is 21.8 Å². The Morgan fingerprint density at radius 3 is 2.35 bits per heavy atom. The molecule has 0 bridgehead atoms. The molecule has 0 saturated heterocycles. The normalized spacial score (nSPS) is 11.6. The number of phenolic OH excluding ortho intramolecular Hbond substituents is 1. The molecule has 3 rings (SSSR count). The van der Waals surface area contributed by atoms with Crippen molar-refractivity contribution in [2.24, 2.45) is 0 Å². The summed E-state index contributed by atoms with van der Waals surface area (Å²) in [5.41, 5.74) is 1.57. The maximum atomic E-state index is 12.9. The van der Waals surface area contributed by atoms with Gasteiger partial charge in [-0.3, -0.25) is 9.78 Å². The molecule has 184 valence electrons. The van der Waals surface area contributed by atoms with Crippen LogP contribution in [0.25, 0.3) is 0 Å². The molecule has 0 spiro atoms. The number of benzene rings is 2. The van der Waals surface area contributed by atoms with Gasteiger partial charge in [-0.15, -0.1) is 24.8 Å². The van der Waals surface area contributed by atoms with E-state index in [4.69, 9.17) is 0 Å². The van der Waals surface area contributed by atoms with Gasteiger partial charge in [0.15, 0.2) is 0 Å². The lowest BCUT2D eigenvalue weighted by Gasteiger charge is -2.12. The molecule has 0 fully saturated rings. The number of amides is 1. The van der Waals surface area contributed by atoms with Crippen molar-refractivity contribution in [1.29, 1.82) is 0 Å². The minimum atomic E-state index is -3.85. The minimum absolute atomic E-state index is 0. The Labute approximate surface area is 211 Å². The number of aliphatic hydroxyl groups excluding tert-OH is 1. The predicted molar refractivity (Wildman–Crippen MR) is 134 cm³/mol. The molecule has 0 aliphatic rings. The van der Waals surface area contributed by atoms with Crippen LogP contribution in [-0.4, -0.2) is 49.7 Å². The summed E-state index contributed by atoms with van der Waals surface area (Å²) in [4.78, 5) is 15.9. The standard InChI is InChI=1S/C23H25N3O5S.2ClH/c1-24-23(29)20-13-19(8-9-21(20)27)32(30,31)18-6-4-16(5-7-18)10-12-26-15-22(28)17-3-2-11-25-14-17;;/h2-9,11,13-14,22,26-28H,10,12,15H2,1H3,(H,24,29);2*1H/t22-;;/m0../s1. The smallest absolute Gasteiger partial charge is 0.254 e. The van der Waals surface area contributed by atoms with Crippen LogP contribution >= 0.6 is 24.8 Å². The van der Waals surface area contributed by atoms with Gasteiger partial charge < -0.3 is 20.8 Å². The van der Waals surface area contributed by atoms with Crippen molar-refractivity contribution < 1.29 is 23.4 Å². The van der Waals surface area contributed by atoms with Crippen LogP contribution in [-0.2, 0) is 16.3 Å². The number of sulfone groups is 1. The highest BCUT2D eigenvalue weighted by Crippen LogP contribution is 2.26. The molecule has 8 nitrogen and oxygen atoms in total. The van der Waals surface area contributed by atoms with Crippen molar-refractivity contribution in [3.63, 3.8) is 0 Å². The summed E-state index contributed by atoms with van der Waals surface area (Å²) in [6.07, 6.45) is 3.27. The summed E-state index contributed by atoms with van der Waals surface area (Å²) >= 11 is 0. The molecule has 1 aromatic heterocycles. The van der Waals surface area contributed by atoms with Gasteiger partial charge in [-0.05, 0) is 54.9 Å². The maximum Gasteiger partial charge on any atom is 0.254 e. The van der Waals surface area contributed by atoms with E-state index in [1.54, 1.807) is 30.6 Å². The zero-order valence-corrected chi connectivity index (χ0v) is 20.8. The number of halogens is 2. The van der Waals surface area contributed by atoms with Crippen molar-refractivity contribution in [3.8, 4) is 5.75 Å². The summed E-state index contributed by atoms with van der Waals surface area (Å²) < 4.78 is 25.9. The van der Waals surface area contributed by atoms with E-state index in [2.05, 4.69) is 15.6 Å². The fourth-order valence-electron chi connectivity index (χ4n) is 3.13. The molecule has 1 heterocycles. The van der Waals surface area contributed by atoms with Crippen LogP contribution in [0.5, 0.6) is 5.75 Å². The van der Waals surface area contributed by atoms with Crippen LogP contribution in [0.1, 0.15) is 27.6 Å². The lowest BCUT2D eigenvalue weighted by Crippen LogP contribution is -2.23. The number of aliphatic hydroxyl groups is 1. The van der Waals surface area contributed by atoms with Crippen LogP contribution in [0.2, 0.25) is 0 Å². The summed E-state index contributed by atoms with van der Waals surface area (Å²) in [5, 5.41) is 25.5. The molecule has 3 aromatic rings. The summed E-state index contributed by atoms with van der Waals surface area (Å²) in [6.45, 7) is 0.990. The SMILES string of the molecule is CNC(=O)c1cc(S(=O)(=O)c2ccc(CCNC[C@H](O)c3cccnc3)cc2)ccc1O.Cl.Cl. The van der Waals surface area contributed by atoms with E-state index in [0.29, 0.717) is 19.5 Å². The van der Waals surface area contributed by atoms with Crippen molar-refractivity contribution in [3.05, 3.63) is 83.7 Å². The van der Waals surface area contributed by atoms with Gasteiger partial charge in [-0.1, -0.05) is 18.2 Å². The molecule has 0 saturated carbocycles. The molecule has 11 heteroatoms. The molecule has 0 aliphatic carbocycles. The van der Waals surface area contributed by atoms with E-state index in [0.717, 1.165) is 17.2 Å². The fourth-order valence-corrected chi connectivity index (χ4v) is 4.42. The lowest BCUT2D eigenvalue weighted by molar-refractivity contribution is 0.0960. The lowest BCUT2D eigenvalue weighted by atomic mass is 10.1. The van der Waals surface area contributed by atoms with Crippen LogP contribution < -0.4 is 10.6 Å². The number of rotatable bonds is 9. The summed E-state index contributed by atoms with van der Waals surface area (Å²) in [7, 11) is -2.45. The third-order valence-electron chi connectivity index (χ3n) is 4.98. The van der Waals surface area contributed by atoms with Gasteiger partial charge in [0, 0.05) is 31.5 Å². The third-order valence-corrected chi connectivity index (χ3v) is 6.75. The van der Waals surface area contributed by atoms with Crippen LogP contribution in [0.4, 0.5) is 0 Å². The fraction of sp³-hybridized carbons (Fsp3) is 0.217. The van der Waals surface area contributed by atoms with Gasteiger partial charge >= 0.3 is 0 Å². The summed E-state index contributed by atoms with van der Waals surface area (Å²) in [6, 6.07) is 13.7. The highest BCUT2D eigenvalue weighted by Gasteiger charge is 2.21. The molecule has 0 unspecified atom stereocenters. The number of nitrogens with zero attached hydrogens (tertiary/aromatic N) is 1. The van der Waals surface area contributed by atoms with Crippen molar-refractivity contribution in [2.45, 2.75) is 22.3 Å². The first-order chi connectivity index (χ1) is 15.3. The average Bonchev–Trinajstić information content (AvgIpc) is 2.82. The van der Waals surface area contributed by atoms with Gasteiger partial charge in [0.1, 0.15) is 5.75 Å². The number of hydrogen-bond donors (Lipinski definition) is 4. The highest BCUT2D eigenvalue weighted by atomic mass is 35.5. The Balaban J connectivity index is 0.00000289. The number of aromatic hydroxyl groups is 1. The quantitative estimate of drug-likeness (QED) is 0.315. The number of nitrogens with one attached hydrogen (secondary N) is 2. The topological polar surface area (TPSA) is 129 Å². The first kappa shape index (κ1) is 29.3. The first-order valence-electron chi connectivity index (χ1n) is 10.0. The Kier molecular flexibility index (Phi) is 11.4.